The summed E-state index contributed by atoms with van der Waals surface area (Å²) in [5, 5.41) is 16.1. The Morgan fingerprint density at radius 3 is 2.39 bits per heavy atom. The second-order valence-corrected chi connectivity index (χ2v) is 9.37. The van der Waals surface area contributed by atoms with Crippen LogP contribution in [0.25, 0.3) is 0 Å². The van der Waals surface area contributed by atoms with Crippen molar-refractivity contribution in [3.8, 4) is 17.2 Å². The van der Waals surface area contributed by atoms with Gasteiger partial charge in [0.15, 0.2) is 5.82 Å². The van der Waals surface area contributed by atoms with Crippen LogP contribution in [0.4, 0.5) is 14.9 Å². The Morgan fingerprint density at radius 2 is 1.75 bits per heavy atom. The molecule has 0 aliphatic heterocycles. The summed E-state index contributed by atoms with van der Waals surface area (Å²) in [5.74, 6) is 0.832. The van der Waals surface area contributed by atoms with Gasteiger partial charge < -0.3 is 24.6 Å². The second-order valence-electron chi connectivity index (χ2n) is 9.37. The summed E-state index contributed by atoms with van der Waals surface area (Å²) in [6.07, 6.45) is -0.724. The lowest BCUT2D eigenvalue weighted by molar-refractivity contribution is 0.0635. The largest absolute Gasteiger partial charge is 0.507 e. The number of hydrogen-bond donors (Lipinski definition) is 3. The molecule has 7 nitrogen and oxygen atoms in total. The third kappa shape index (κ3) is 7.61. The van der Waals surface area contributed by atoms with Gasteiger partial charge in [0, 0.05) is 29.8 Å². The maximum absolute atomic E-state index is 15.1. The number of phenols is 1. The Labute approximate surface area is 211 Å². The number of hydrogen-bond acceptors (Lipinski definition) is 6. The minimum Gasteiger partial charge on any atom is -0.507 e. The lowest BCUT2D eigenvalue weighted by Crippen LogP contribution is -2.27. The second kappa shape index (κ2) is 11.8. The van der Waals surface area contributed by atoms with E-state index in [2.05, 4.69) is 10.6 Å². The fourth-order valence-electron chi connectivity index (χ4n) is 3.44. The van der Waals surface area contributed by atoms with Crippen LogP contribution >= 0.6 is 0 Å². The predicted molar refractivity (Wildman–Crippen MR) is 137 cm³/mol. The van der Waals surface area contributed by atoms with E-state index in [1.54, 1.807) is 65.1 Å². The van der Waals surface area contributed by atoms with Gasteiger partial charge in [0.05, 0.1) is 12.8 Å². The van der Waals surface area contributed by atoms with Gasteiger partial charge in [0.25, 0.3) is 0 Å². The minimum atomic E-state index is -0.724. The van der Waals surface area contributed by atoms with Crippen molar-refractivity contribution >= 4 is 11.8 Å². The van der Waals surface area contributed by atoms with Gasteiger partial charge in [-0.3, -0.25) is 5.32 Å². The smallest absolute Gasteiger partial charge is 0.412 e. The molecule has 0 saturated carbocycles. The van der Waals surface area contributed by atoms with Gasteiger partial charge in [-0.25, -0.2) is 9.18 Å². The molecule has 0 radical (unpaired) electrons. The molecule has 3 aromatic carbocycles. The molecule has 1 amide bonds. The lowest BCUT2D eigenvalue weighted by atomic mass is 10.1. The first-order chi connectivity index (χ1) is 17.1. The van der Waals surface area contributed by atoms with E-state index < -0.39 is 23.6 Å². The van der Waals surface area contributed by atoms with Crippen molar-refractivity contribution in [1.82, 2.24) is 5.32 Å². The summed E-state index contributed by atoms with van der Waals surface area (Å²) in [6, 6.07) is 17.0. The molecular weight excluding hydrogens is 463 g/mol. The van der Waals surface area contributed by atoms with E-state index in [-0.39, 0.29) is 11.4 Å². The van der Waals surface area contributed by atoms with Gasteiger partial charge in [-0.2, -0.15) is 0 Å². The highest BCUT2D eigenvalue weighted by Gasteiger charge is 2.20. The highest BCUT2D eigenvalue weighted by molar-refractivity contribution is 5.85. The number of phenolic OH excluding ortho intramolecular Hbond substituents is 1. The molecule has 36 heavy (non-hydrogen) atoms. The van der Waals surface area contributed by atoms with Crippen molar-refractivity contribution in [3.63, 3.8) is 0 Å². The molecule has 8 heteroatoms. The van der Waals surface area contributed by atoms with Crippen LogP contribution in [0, 0.1) is 5.82 Å². The summed E-state index contributed by atoms with van der Waals surface area (Å²) in [6.45, 7) is 7.67. The Kier molecular flexibility index (Phi) is 8.77. The number of ether oxygens (including phenoxy) is 3. The van der Waals surface area contributed by atoms with Crippen LogP contribution in [0.2, 0.25) is 0 Å². The fraction of sp³-hybridized carbons (Fsp3) is 0.321. The van der Waals surface area contributed by atoms with Crippen molar-refractivity contribution in [3.05, 3.63) is 83.2 Å². The van der Waals surface area contributed by atoms with E-state index >= 15 is 4.39 Å². The third-order valence-electron chi connectivity index (χ3n) is 5.35. The van der Waals surface area contributed by atoms with Crippen LogP contribution in [0.3, 0.4) is 0 Å². The van der Waals surface area contributed by atoms with Crippen LogP contribution in [0.15, 0.2) is 60.7 Å². The molecule has 0 aromatic heterocycles. The zero-order valence-corrected chi connectivity index (χ0v) is 21.2. The van der Waals surface area contributed by atoms with E-state index in [9.17, 15) is 9.90 Å². The number of halogens is 1. The summed E-state index contributed by atoms with van der Waals surface area (Å²) >= 11 is 0. The molecule has 0 saturated heterocycles. The minimum absolute atomic E-state index is 0.0385. The van der Waals surface area contributed by atoms with Crippen molar-refractivity contribution in [2.75, 3.05) is 12.4 Å². The predicted octanol–water partition coefficient (Wildman–Crippen LogP) is 6.32. The van der Waals surface area contributed by atoms with Crippen molar-refractivity contribution in [1.29, 1.82) is 0 Å². The molecule has 1 atom stereocenters. The molecule has 0 spiro atoms. The first-order valence-corrected chi connectivity index (χ1v) is 11.6. The molecule has 0 heterocycles. The van der Waals surface area contributed by atoms with E-state index in [0.29, 0.717) is 30.0 Å². The number of nitrogens with one attached hydrogen (secondary N) is 2. The molecule has 0 aliphatic rings. The van der Waals surface area contributed by atoms with Gasteiger partial charge in [0.2, 0.25) is 0 Å². The van der Waals surface area contributed by atoms with E-state index in [1.807, 2.05) is 24.3 Å². The number of carbonyl (C=O) groups is 1. The topological polar surface area (TPSA) is 89.1 Å². The highest BCUT2D eigenvalue weighted by atomic mass is 19.1. The number of amides is 1. The van der Waals surface area contributed by atoms with Crippen LogP contribution in [-0.2, 0) is 17.9 Å². The molecule has 3 N–H and O–H groups in total. The van der Waals surface area contributed by atoms with Gasteiger partial charge in [-0.1, -0.05) is 30.3 Å². The summed E-state index contributed by atoms with van der Waals surface area (Å²) in [4.78, 5) is 12.0. The monoisotopic (exact) mass is 496 g/mol. The SMILES string of the molecule is COc1ccc(COc2ccc(CNC(C)c3cccc(NC(=O)OC(C)(C)C)c3F)c(O)c2)cc1. The lowest BCUT2D eigenvalue weighted by Gasteiger charge is -2.21. The average molecular weight is 497 g/mol. The zero-order chi connectivity index (χ0) is 26.3. The van der Waals surface area contributed by atoms with Crippen LogP contribution in [-0.4, -0.2) is 23.9 Å². The number of carbonyl (C=O) groups excluding carboxylic acids is 1. The van der Waals surface area contributed by atoms with Crippen LogP contribution < -0.4 is 20.1 Å². The van der Waals surface area contributed by atoms with Gasteiger partial charge >= 0.3 is 6.09 Å². The molecule has 3 rings (SSSR count). The normalized spacial score (nSPS) is 12.1. The zero-order valence-electron chi connectivity index (χ0n) is 21.2. The molecule has 1 unspecified atom stereocenters. The maximum atomic E-state index is 15.1. The Morgan fingerprint density at radius 1 is 1.06 bits per heavy atom. The van der Waals surface area contributed by atoms with E-state index in [4.69, 9.17) is 14.2 Å². The summed E-state index contributed by atoms with van der Waals surface area (Å²) < 4.78 is 31.2. The Bertz CT molecular complexity index is 1180. The number of aromatic hydroxyl groups is 1. The molecule has 0 bridgehead atoms. The fourth-order valence-corrected chi connectivity index (χ4v) is 3.44. The standard InChI is InChI=1S/C28H33FN2O5/c1-18(23-7-6-8-24(26(23)29)31-27(33)36-28(2,3)4)30-16-20-11-14-22(15-25(20)32)35-17-19-9-12-21(34-5)13-10-19/h6-15,18,30,32H,16-17H2,1-5H3,(H,31,33). The quantitative estimate of drug-likeness (QED) is 0.321. The first-order valence-electron chi connectivity index (χ1n) is 11.6. The van der Waals surface area contributed by atoms with Crippen molar-refractivity contribution in [2.24, 2.45) is 0 Å². The average Bonchev–Trinajstić information content (AvgIpc) is 2.82. The molecule has 192 valence electrons. The van der Waals surface area contributed by atoms with E-state index in [0.717, 1.165) is 11.3 Å². The molecule has 0 aliphatic carbocycles. The summed E-state index contributed by atoms with van der Waals surface area (Å²) in [7, 11) is 1.61. The van der Waals surface area contributed by atoms with Gasteiger partial charge in [-0.15, -0.1) is 0 Å². The number of anilines is 1. The Hall–Kier alpha value is -3.78. The van der Waals surface area contributed by atoms with Crippen LogP contribution in [0.5, 0.6) is 17.2 Å². The number of rotatable bonds is 9. The molecule has 3 aromatic rings. The number of benzene rings is 3. The van der Waals surface area contributed by atoms with Crippen molar-refractivity contribution in [2.45, 2.75) is 52.5 Å². The van der Waals surface area contributed by atoms with Gasteiger partial charge in [0.1, 0.15) is 29.5 Å². The summed E-state index contributed by atoms with van der Waals surface area (Å²) in [5.41, 5.74) is 1.34. The van der Waals surface area contributed by atoms with Gasteiger partial charge in [-0.05, 0) is 57.5 Å². The maximum Gasteiger partial charge on any atom is 0.412 e. The highest BCUT2D eigenvalue weighted by Crippen LogP contribution is 2.27. The molecular formula is C28H33FN2O5. The number of methoxy groups -OCH3 is 1. The molecule has 0 fully saturated rings. The van der Waals surface area contributed by atoms with Crippen LogP contribution in [0.1, 0.15) is 50.4 Å². The Balaban J connectivity index is 1.58. The van der Waals surface area contributed by atoms with Crippen molar-refractivity contribution < 1.29 is 28.5 Å². The van der Waals surface area contributed by atoms with E-state index in [1.165, 1.54) is 6.07 Å². The first kappa shape index (κ1) is 26.8. The third-order valence-corrected chi connectivity index (χ3v) is 5.35.